The van der Waals surface area contributed by atoms with E-state index in [-0.39, 0.29) is 19.0 Å². The first kappa shape index (κ1) is 18.6. The molecular formula is C19H26O5. The summed E-state index contributed by atoms with van der Waals surface area (Å²) in [5, 5.41) is 0. The van der Waals surface area contributed by atoms with Crippen LogP contribution in [0.15, 0.2) is 30.3 Å². The molecule has 0 amide bonds. The minimum Gasteiger partial charge on any atom is -0.497 e. The fourth-order valence-corrected chi connectivity index (χ4v) is 2.33. The topological polar surface area (TPSA) is 54.0 Å². The highest BCUT2D eigenvalue weighted by Crippen LogP contribution is 2.24. The Morgan fingerprint density at radius 1 is 1.12 bits per heavy atom. The van der Waals surface area contributed by atoms with Gasteiger partial charge in [0.15, 0.2) is 5.78 Å². The molecule has 0 saturated carbocycles. The Morgan fingerprint density at radius 2 is 1.83 bits per heavy atom. The second-order valence-electron chi connectivity index (χ2n) is 5.74. The third kappa shape index (κ3) is 5.74. The van der Waals surface area contributed by atoms with Crippen molar-refractivity contribution >= 4 is 11.9 Å². The van der Waals surface area contributed by atoms with Crippen molar-refractivity contribution in [2.75, 3.05) is 26.9 Å². The fraction of sp³-hybridized carbons (Fsp3) is 0.526. The molecule has 0 aliphatic carbocycles. The van der Waals surface area contributed by atoms with Crippen LogP contribution in [0.3, 0.4) is 0 Å². The lowest BCUT2D eigenvalue weighted by molar-refractivity contribution is -0.356. The highest BCUT2D eigenvalue weighted by molar-refractivity contribution is 5.81. The molecule has 5 nitrogen and oxygen atoms in total. The van der Waals surface area contributed by atoms with Gasteiger partial charge in [-0.3, -0.25) is 4.79 Å². The molecule has 2 rings (SSSR count). The van der Waals surface area contributed by atoms with Crippen LogP contribution in [0.1, 0.15) is 38.2 Å². The van der Waals surface area contributed by atoms with Crippen LogP contribution in [0.4, 0.5) is 0 Å². The summed E-state index contributed by atoms with van der Waals surface area (Å²) in [7, 11) is 1.63. The number of Topliss-reactive ketones (excluding diaryl/α,β-unsaturated/α-hetero) is 1. The second kappa shape index (κ2) is 9.57. The van der Waals surface area contributed by atoms with Gasteiger partial charge in [0, 0.05) is 6.08 Å². The van der Waals surface area contributed by atoms with Crippen molar-refractivity contribution in [1.29, 1.82) is 0 Å². The van der Waals surface area contributed by atoms with Gasteiger partial charge in [0.25, 0.3) is 0 Å². The van der Waals surface area contributed by atoms with E-state index in [1.54, 1.807) is 13.2 Å². The van der Waals surface area contributed by atoms with Crippen molar-refractivity contribution in [3.8, 4) is 5.75 Å². The minimum atomic E-state index is -1.28. The number of unbranched alkanes of at least 4 members (excludes halogenated alkanes) is 3. The summed E-state index contributed by atoms with van der Waals surface area (Å²) in [5.41, 5.74) is 0.967. The number of carbonyl (C=O) groups excluding carboxylic acids is 1. The summed E-state index contributed by atoms with van der Waals surface area (Å²) in [6.45, 7) is 2.70. The minimum absolute atomic E-state index is 0.00190. The first-order valence-corrected chi connectivity index (χ1v) is 8.44. The van der Waals surface area contributed by atoms with E-state index in [1.165, 1.54) is 12.8 Å². The lowest BCUT2D eigenvalue weighted by Crippen LogP contribution is -2.45. The Labute approximate surface area is 143 Å². The molecule has 5 heteroatoms. The number of carbonyl (C=O) groups is 1. The van der Waals surface area contributed by atoms with Gasteiger partial charge in [0.2, 0.25) is 0 Å². The number of benzene rings is 1. The lowest BCUT2D eigenvalue weighted by atomic mass is 10.2. The normalized spacial score (nSPS) is 17.3. The number of hydrogen-bond acceptors (Lipinski definition) is 5. The summed E-state index contributed by atoms with van der Waals surface area (Å²) >= 11 is 0. The number of ketones is 1. The Balaban J connectivity index is 1.98. The van der Waals surface area contributed by atoms with Crippen LogP contribution < -0.4 is 4.74 Å². The first-order chi connectivity index (χ1) is 11.7. The molecule has 1 aromatic carbocycles. The van der Waals surface area contributed by atoms with Crippen LogP contribution in [-0.2, 0) is 19.0 Å². The number of hydrogen-bond donors (Lipinski definition) is 0. The van der Waals surface area contributed by atoms with Crippen molar-refractivity contribution in [3.63, 3.8) is 0 Å². The SMILES string of the molecule is CCCCCCOC1(C=Cc2ccc(OC)cc2)OCC(=O)CO1. The summed E-state index contributed by atoms with van der Waals surface area (Å²) in [6, 6.07) is 7.62. The zero-order valence-corrected chi connectivity index (χ0v) is 14.5. The predicted molar refractivity (Wildman–Crippen MR) is 91.8 cm³/mol. The zero-order chi connectivity index (χ0) is 17.3. The molecule has 0 unspecified atom stereocenters. The summed E-state index contributed by atoms with van der Waals surface area (Å²) in [6.07, 6.45) is 7.98. The van der Waals surface area contributed by atoms with Crippen LogP contribution in [0.5, 0.6) is 5.75 Å². The van der Waals surface area contributed by atoms with Gasteiger partial charge < -0.3 is 18.9 Å². The zero-order valence-electron chi connectivity index (χ0n) is 14.5. The van der Waals surface area contributed by atoms with Gasteiger partial charge in [0.05, 0.1) is 13.7 Å². The van der Waals surface area contributed by atoms with Gasteiger partial charge in [0.1, 0.15) is 19.0 Å². The van der Waals surface area contributed by atoms with E-state index in [0.29, 0.717) is 6.61 Å². The molecule has 24 heavy (non-hydrogen) atoms. The fourth-order valence-electron chi connectivity index (χ4n) is 2.33. The Bertz CT molecular complexity index is 525. The molecule has 1 saturated heterocycles. The van der Waals surface area contributed by atoms with Crippen LogP contribution in [0.25, 0.3) is 6.08 Å². The maximum atomic E-state index is 11.4. The summed E-state index contributed by atoms with van der Waals surface area (Å²) < 4.78 is 22.1. The number of methoxy groups -OCH3 is 1. The van der Waals surface area contributed by atoms with Gasteiger partial charge in [-0.25, -0.2) is 0 Å². The third-order valence-electron chi connectivity index (χ3n) is 3.77. The average molecular weight is 334 g/mol. The van der Waals surface area contributed by atoms with Crippen molar-refractivity contribution < 1.29 is 23.7 Å². The van der Waals surface area contributed by atoms with E-state index < -0.39 is 5.97 Å². The standard InChI is InChI=1S/C19H26O5/c1-3-4-5-6-13-22-19(23-14-17(20)15-24-19)12-11-16-7-9-18(21-2)10-8-16/h7-12H,3-6,13-15H2,1-2H3. The highest BCUT2D eigenvalue weighted by atomic mass is 16.9. The molecule has 1 fully saturated rings. The van der Waals surface area contributed by atoms with Crippen molar-refractivity contribution in [2.24, 2.45) is 0 Å². The molecule has 1 aliphatic rings. The molecule has 132 valence electrons. The number of rotatable bonds is 9. The molecule has 0 atom stereocenters. The molecule has 0 N–H and O–H groups in total. The van der Waals surface area contributed by atoms with E-state index in [2.05, 4.69) is 6.92 Å². The van der Waals surface area contributed by atoms with Crippen molar-refractivity contribution in [2.45, 2.75) is 38.6 Å². The molecule has 0 aromatic heterocycles. The van der Waals surface area contributed by atoms with Gasteiger partial charge >= 0.3 is 5.97 Å². The third-order valence-corrected chi connectivity index (χ3v) is 3.77. The maximum Gasteiger partial charge on any atom is 0.305 e. The summed E-state index contributed by atoms with van der Waals surface area (Å²) in [5.74, 6) is -0.567. The van der Waals surface area contributed by atoms with Crippen LogP contribution in [-0.4, -0.2) is 38.7 Å². The highest BCUT2D eigenvalue weighted by Gasteiger charge is 2.36. The maximum absolute atomic E-state index is 11.4. The quantitative estimate of drug-likeness (QED) is 0.646. The largest absolute Gasteiger partial charge is 0.497 e. The Morgan fingerprint density at radius 3 is 2.46 bits per heavy atom. The second-order valence-corrected chi connectivity index (χ2v) is 5.74. The molecule has 1 heterocycles. The van der Waals surface area contributed by atoms with Gasteiger partial charge in [-0.15, -0.1) is 0 Å². The molecule has 1 aliphatic heterocycles. The van der Waals surface area contributed by atoms with Crippen LogP contribution in [0.2, 0.25) is 0 Å². The predicted octanol–water partition coefficient (Wildman–Crippen LogP) is 3.58. The van der Waals surface area contributed by atoms with Gasteiger partial charge in [-0.05, 0) is 24.1 Å². The lowest BCUT2D eigenvalue weighted by Gasteiger charge is -2.33. The van der Waals surface area contributed by atoms with Gasteiger partial charge in [-0.2, -0.15) is 0 Å². The van der Waals surface area contributed by atoms with E-state index >= 15 is 0 Å². The van der Waals surface area contributed by atoms with E-state index in [1.807, 2.05) is 30.3 Å². The van der Waals surface area contributed by atoms with E-state index in [9.17, 15) is 4.79 Å². The average Bonchev–Trinajstić information content (AvgIpc) is 2.62. The summed E-state index contributed by atoms with van der Waals surface area (Å²) in [4.78, 5) is 11.4. The Kier molecular flexibility index (Phi) is 7.43. The van der Waals surface area contributed by atoms with E-state index in [4.69, 9.17) is 18.9 Å². The molecule has 1 aromatic rings. The first-order valence-electron chi connectivity index (χ1n) is 8.44. The molecule has 0 spiro atoms. The Hall–Kier alpha value is -1.69. The van der Waals surface area contributed by atoms with Gasteiger partial charge in [-0.1, -0.05) is 44.4 Å². The van der Waals surface area contributed by atoms with E-state index in [0.717, 1.165) is 24.2 Å². The van der Waals surface area contributed by atoms with Crippen LogP contribution >= 0.6 is 0 Å². The smallest absolute Gasteiger partial charge is 0.305 e. The monoisotopic (exact) mass is 334 g/mol. The van der Waals surface area contributed by atoms with Crippen LogP contribution in [0, 0.1) is 0 Å². The van der Waals surface area contributed by atoms with Crippen molar-refractivity contribution in [3.05, 3.63) is 35.9 Å². The molecule has 0 radical (unpaired) electrons. The molecular weight excluding hydrogens is 308 g/mol. The van der Waals surface area contributed by atoms with Crippen molar-refractivity contribution in [1.82, 2.24) is 0 Å². The number of ether oxygens (including phenoxy) is 4. The molecule has 0 bridgehead atoms.